The zero-order chi connectivity index (χ0) is 13.1. The van der Waals surface area contributed by atoms with Crippen molar-refractivity contribution in [1.29, 1.82) is 0 Å². The molecule has 0 amide bonds. The molecule has 1 aromatic heterocycles. The first-order chi connectivity index (χ1) is 8.60. The van der Waals surface area contributed by atoms with Crippen molar-refractivity contribution in [2.24, 2.45) is 0 Å². The summed E-state index contributed by atoms with van der Waals surface area (Å²) in [5, 5.41) is 5.48. The topological polar surface area (TPSA) is 21.3 Å². The molecule has 2 rings (SSSR count). The Bertz CT molecular complexity index is 544. The second-order valence-electron chi connectivity index (χ2n) is 3.89. The molecule has 18 heavy (non-hydrogen) atoms. The summed E-state index contributed by atoms with van der Waals surface area (Å²) in [5.41, 5.74) is 2.13. The van der Waals surface area contributed by atoms with Crippen LogP contribution in [0.1, 0.15) is 18.5 Å². The van der Waals surface area contributed by atoms with E-state index in [4.69, 9.17) is 16.3 Å². The van der Waals surface area contributed by atoms with Gasteiger partial charge in [0, 0.05) is 10.5 Å². The predicted octanol–water partition coefficient (Wildman–Crippen LogP) is 5.35. The SMILES string of the molecule is COc1ccc(Br)cc1NC(C)c1csc(Cl)c1. The molecule has 0 saturated heterocycles. The molecule has 0 aliphatic heterocycles. The highest BCUT2D eigenvalue weighted by Gasteiger charge is 2.10. The second-order valence-corrected chi connectivity index (χ2v) is 6.35. The van der Waals surface area contributed by atoms with Gasteiger partial charge in [0.2, 0.25) is 0 Å². The number of benzene rings is 1. The summed E-state index contributed by atoms with van der Waals surface area (Å²) in [5.74, 6) is 0.825. The highest BCUT2D eigenvalue weighted by atomic mass is 79.9. The van der Waals surface area contributed by atoms with E-state index in [-0.39, 0.29) is 6.04 Å². The Morgan fingerprint density at radius 2 is 2.17 bits per heavy atom. The van der Waals surface area contributed by atoms with Gasteiger partial charge in [0.25, 0.3) is 0 Å². The zero-order valence-electron chi connectivity index (χ0n) is 10.0. The lowest BCUT2D eigenvalue weighted by Crippen LogP contribution is -2.06. The minimum atomic E-state index is 0.178. The van der Waals surface area contributed by atoms with E-state index < -0.39 is 0 Å². The van der Waals surface area contributed by atoms with Crippen molar-refractivity contribution in [2.75, 3.05) is 12.4 Å². The molecular weight excluding hydrogens is 334 g/mol. The summed E-state index contributed by atoms with van der Waals surface area (Å²) in [6.45, 7) is 2.10. The second kappa shape index (κ2) is 5.95. The number of ether oxygens (including phenoxy) is 1. The van der Waals surface area contributed by atoms with Crippen LogP contribution in [-0.4, -0.2) is 7.11 Å². The van der Waals surface area contributed by atoms with Gasteiger partial charge in [-0.05, 0) is 42.1 Å². The van der Waals surface area contributed by atoms with Crippen LogP contribution in [0.15, 0.2) is 34.1 Å². The van der Waals surface area contributed by atoms with Crippen molar-refractivity contribution >= 4 is 44.6 Å². The van der Waals surface area contributed by atoms with Crippen LogP contribution < -0.4 is 10.1 Å². The normalized spacial score (nSPS) is 12.2. The van der Waals surface area contributed by atoms with Crippen LogP contribution in [0.2, 0.25) is 4.34 Å². The van der Waals surface area contributed by atoms with E-state index in [0.29, 0.717) is 0 Å². The molecule has 96 valence electrons. The molecule has 0 spiro atoms. The van der Waals surface area contributed by atoms with E-state index >= 15 is 0 Å². The fourth-order valence-electron chi connectivity index (χ4n) is 1.66. The number of hydrogen-bond donors (Lipinski definition) is 1. The summed E-state index contributed by atoms with van der Waals surface area (Å²) >= 11 is 11.0. The quantitative estimate of drug-likeness (QED) is 0.806. The standard InChI is InChI=1S/C13H13BrClNOS/c1-8(9-5-13(15)18-7-9)16-11-6-10(14)3-4-12(11)17-2/h3-8,16H,1-2H3. The van der Waals surface area contributed by atoms with Crippen LogP contribution in [0.4, 0.5) is 5.69 Å². The smallest absolute Gasteiger partial charge is 0.142 e. The van der Waals surface area contributed by atoms with Gasteiger partial charge in [0.05, 0.1) is 17.1 Å². The number of halogens is 2. The average Bonchev–Trinajstić information content (AvgIpc) is 2.76. The van der Waals surface area contributed by atoms with E-state index in [1.54, 1.807) is 18.4 Å². The highest BCUT2D eigenvalue weighted by molar-refractivity contribution is 9.10. The van der Waals surface area contributed by atoms with Gasteiger partial charge in [0.1, 0.15) is 5.75 Å². The van der Waals surface area contributed by atoms with Crippen LogP contribution >= 0.6 is 38.9 Å². The Morgan fingerprint density at radius 1 is 1.39 bits per heavy atom. The third-order valence-corrected chi connectivity index (χ3v) is 4.22. The number of nitrogens with one attached hydrogen (secondary N) is 1. The van der Waals surface area contributed by atoms with Gasteiger partial charge in [-0.25, -0.2) is 0 Å². The molecule has 5 heteroatoms. The molecule has 1 heterocycles. The maximum Gasteiger partial charge on any atom is 0.142 e. The van der Waals surface area contributed by atoms with Gasteiger partial charge in [-0.1, -0.05) is 27.5 Å². The van der Waals surface area contributed by atoms with Gasteiger partial charge in [-0.15, -0.1) is 11.3 Å². The largest absolute Gasteiger partial charge is 0.495 e. The van der Waals surface area contributed by atoms with E-state index in [0.717, 1.165) is 20.2 Å². The summed E-state index contributed by atoms with van der Waals surface area (Å²) in [6, 6.07) is 8.05. The zero-order valence-corrected chi connectivity index (χ0v) is 13.2. The third-order valence-electron chi connectivity index (χ3n) is 2.62. The molecule has 0 saturated carbocycles. The van der Waals surface area contributed by atoms with Gasteiger partial charge in [-0.3, -0.25) is 0 Å². The first-order valence-corrected chi connectivity index (χ1v) is 7.49. The minimum Gasteiger partial charge on any atom is -0.495 e. The average molecular weight is 347 g/mol. The van der Waals surface area contributed by atoms with Crippen molar-refractivity contribution in [3.05, 3.63) is 44.0 Å². The first kappa shape index (κ1) is 13.7. The molecule has 0 fully saturated rings. The summed E-state index contributed by atoms with van der Waals surface area (Å²) in [4.78, 5) is 0. The molecule has 1 aromatic carbocycles. The van der Waals surface area contributed by atoms with Crippen LogP contribution in [-0.2, 0) is 0 Å². The fourth-order valence-corrected chi connectivity index (χ4v) is 3.01. The number of anilines is 1. The number of thiophene rings is 1. The lowest BCUT2D eigenvalue weighted by molar-refractivity contribution is 0.416. The van der Waals surface area contributed by atoms with Crippen LogP contribution in [0, 0.1) is 0 Å². The predicted molar refractivity (Wildman–Crippen MR) is 82.1 cm³/mol. The molecule has 0 radical (unpaired) electrons. The van der Waals surface area contributed by atoms with Crippen molar-refractivity contribution in [3.63, 3.8) is 0 Å². The lowest BCUT2D eigenvalue weighted by Gasteiger charge is -2.17. The van der Waals surface area contributed by atoms with Crippen molar-refractivity contribution in [2.45, 2.75) is 13.0 Å². The molecule has 0 aliphatic carbocycles. The first-order valence-electron chi connectivity index (χ1n) is 5.44. The number of rotatable bonds is 4. The van der Waals surface area contributed by atoms with Gasteiger partial charge in [0.15, 0.2) is 0 Å². The van der Waals surface area contributed by atoms with E-state index in [1.165, 1.54) is 5.56 Å². The van der Waals surface area contributed by atoms with Crippen LogP contribution in [0.3, 0.4) is 0 Å². The Labute approximate surface area is 124 Å². The summed E-state index contributed by atoms with van der Waals surface area (Å²) < 4.78 is 7.16. The van der Waals surface area contributed by atoms with Gasteiger partial charge in [-0.2, -0.15) is 0 Å². The molecule has 1 atom stereocenters. The molecule has 0 bridgehead atoms. The van der Waals surface area contributed by atoms with E-state index in [9.17, 15) is 0 Å². The van der Waals surface area contributed by atoms with Crippen LogP contribution in [0.5, 0.6) is 5.75 Å². The minimum absolute atomic E-state index is 0.178. The molecular formula is C13H13BrClNOS. The maximum atomic E-state index is 5.95. The van der Waals surface area contributed by atoms with Crippen LogP contribution in [0.25, 0.3) is 0 Å². The van der Waals surface area contributed by atoms with E-state index in [1.807, 2.05) is 24.3 Å². The summed E-state index contributed by atoms with van der Waals surface area (Å²) in [6.07, 6.45) is 0. The molecule has 1 unspecified atom stereocenters. The molecule has 0 aliphatic rings. The summed E-state index contributed by atoms with van der Waals surface area (Å²) in [7, 11) is 1.67. The Hall–Kier alpha value is -0.710. The van der Waals surface area contributed by atoms with Gasteiger partial charge >= 0.3 is 0 Å². The van der Waals surface area contributed by atoms with Crippen molar-refractivity contribution < 1.29 is 4.74 Å². The molecule has 1 N–H and O–H groups in total. The molecule has 2 aromatic rings. The fraction of sp³-hybridized carbons (Fsp3) is 0.231. The monoisotopic (exact) mass is 345 g/mol. The maximum absolute atomic E-state index is 5.95. The van der Waals surface area contributed by atoms with Crippen molar-refractivity contribution in [3.8, 4) is 5.75 Å². The Balaban J connectivity index is 2.20. The highest BCUT2D eigenvalue weighted by Crippen LogP contribution is 2.32. The number of hydrogen-bond acceptors (Lipinski definition) is 3. The van der Waals surface area contributed by atoms with Gasteiger partial charge < -0.3 is 10.1 Å². The lowest BCUT2D eigenvalue weighted by atomic mass is 10.1. The molecule has 2 nitrogen and oxygen atoms in total. The number of methoxy groups -OCH3 is 1. The Kier molecular flexibility index (Phi) is 4.54. The van der Waals surface area contributed by atoms with E-state index in [2.05, 4.69) is 33.6 Å². The van der Waals surface area contributed by atoms with Crippen molar-refractivity contribution in [1.82, 2.24) is 0 Å². The third kappa shape index (κ3) is 3.19. The Morgan fingerprint density at radius 3 is 2.78 bits per heavy atom.